The first kappa shape index (κ1) is 13.8. The van der Waals surface area contributed by atoms with Crippen molar-refractivity contribution in [2.75, 3.05) is 13.7 Å². The highest BCUT2D eigenvalue weighted by Gasteiger charge is 2.14. The fraction of sp³-hybridized carbons (Fsp3) is 0.286. The van der Waals surface area contributed by atoms with Crippen LogP contribution in [-0.4, -0.2) is 30.6 Å². The van der Waals surface area contributed by atoms with E-state index in [-0.39, 0.29) is 11.9 Å². The van der Waals surface area contributed by atoms with Crippen molar-refractivity contribution in [3.63, 3.8) is 0 Å². The van der Waals surface area contributed by atoms with Gasteiger partial charge in [-0.3, -0.25) is 9.78 Å². The summed E-state index contributed by atoms with van der Waals surface area (Å²) in [5, 5.41) is 4.22. The maximum atomic E-state index is 12.2. The number of rotatable bonds is 4. The number of ether oxygens (including phenoxy) is 1. The van der Waals surface area contributed by atoms with E-state index in [1.165, 1.54) is 0 Å². The highest BCUT2D eigenvalue weighted by molar-refractivity contribution is 6.36. The van der Waals surface area contributed by atoms with Gasteiger partial charge in [0, 0.05) is 24.7 Å². The third kappa shape index (κ3) is 3.03. The molecule has 0 spiro atoms. The molecule has 0 fully saturated rings. The largest absolute Gasteiger partial charge is 0.383 e. The van der Waals surface area contributed by atoms with Gasteiger partial charge in [0.15, 0.2) is 0 Å². The summed E-state index contributed by atoms with van der Waals surface area (Å²) in [6.07, 6.45) is 1.65. The van der Waals surface area contributed by atoms with Gasteiger partial charge in [-0.15, -0.1) is 0 Å². The molecule has 0 saturated carbocycles. The highest BCUT2D eigenvalue weighted by atomic mass is 35.5. The zero-order valence-electron chi connectivity index (χ0n) is 10.8. The standard InChI is InChI=1S/C14H15ClN2O2/c1-9(8-19-2)17-14(18)11-5-6-12(15)10-4-3-7-16-13(10)11/h3-7,9H,8H2,1-2H3,(H,17,18). The predicted octanol–water partition coefficient (Wildman–Crippen LogP) is 2.65. The van der Waals surface area contributed by atoms with E-state index >= 15 is 0 Å². The summed E-state index contributed by atoms with van der Waals surface area (Å²) < 4.78 is 5.00. The van der Waals surface area contributed by atoms with Crippen LogP contribution in [0.1, 0.15) is 17.3 Å². The molecular weight excluding hydrogens is 264 g/mol. The van der Waals surface area contributed by atoms with Gasteiger partial charge in [-0.1, -0.05) is 11.6 Å². The number of carbonyl (C=O) groups is 1. The third-order valence-electron chi connectivity index (χ3n) is 2.76. The van der Waals surface area contributed by atoms with Gasteiger partial charge < -0.3 is 10.1 Å². The van der Waals surface area contributed by atoms with Crippen molar-refractivity contribution in [3.05, 3.63) is 41.0 Å². The van der Waals surface area contributed by atoms with Gasteiger partial charge >= 0.3 is 0 Å². The Morgan fingerprint density at radius 1 is 1.47 bits per heavy atom. The molecule has 1 unspecified atom stereocenters. The first-order chi connectivity index (χ1) is 9.13. The van der Waals surface area contributed by atoms with Crippen LogP contribution < -0.4 is 5.32 Å². The lowest BCUT2D eigenvalue weighted by Gasteiger charge is -2.13. The zero-order chi connectivity index (χ0) is 13.8. The lowest BCUT2D eigenvalue weighted by atomic mass is 10.1. The second-order valence-corrected chi connectivity index (χ2v) is 4.73. The molecule has 0 aliphatic carbocycles. The van der Waals surface area contributed by atoms with Crippen LogP contribution in [0.3, 0.4) is 0 Å². The molecular formula is C14H15ClN2O2. The van der Waals surface area contributed by atoms with Crippen LogP contribution in [0.15, 0.2) is 30.5 Å². The average Bonchev–Trinajstić information content (AvgIpc) is 2.39. The number of pyridine rings is 1. The molecule has 19 heavy (non-hydrogen) atoms. The average molecular weight is 279 g/mol. The summed E-state index contributed by atoms with van der Waals surface area (Å²) in [5.74, 6) is -0.176. The van der Waals surface area contributed by atoms with E-state index in [1.54, 1.807) is 31.5 Å². The van der Waals surface area contributed by atoms with E-state index in [0.717, 1.165) is 5.39 Å². The third-order valence-corrected chi connectivity index (χ3v) is 3.08. The molecule has 1 N–H and O–H groups in total. The van der Waals surface area contributed by atoms with E-state index in [0.29, 0.717) is 22.7 Å². The number of fused-ring (bicyclic) bond motifs is 1. The number of halogens is 1. The van der Waals surface area contributed by atoms with Crippen LogP contribution in [0.4, 0.5) is 0 Å². The van der Waals surface area contributed by atoms with Crippen molar-refractivity contribution >= 4 is 28.4 Å². The Bertz CT molecular complexity index is 601. The highest BCUT2D eigenvalue weighted by Crippen LogP contribution is 2.24. The molecule has 1 amide bonds. The lowest BCUT2D eigenvalue weighted by Crippen LogP contribution is -2.35. The Kier molecular flexibility index (Phi) is 4.35. The molecule has 0 saturated heterocycles. The molecule has 1 aromatic heterocycles. The van der Waals surface area contributed by atoms with Crippen molar-refractivity contribution in [3.8, 4) is 0 Å². The van der Waals surface area contributed by atoms with Gasteiger partial charge in [0.1, 0.15) is 0 Å². The molecule has 100 valence electrons. The van der Waals surface area contributed by atoms with E-state index in [4.69, 9.17) is 16.3 Å². The van der Waals surface area contributed by atoms with Gasteiger partial charge in [0.25, 0.3) is 5.91 Å². The molecule has 0 radical (unpaired) electrons. The fourth-order valence-corrected chi connectivity index (χ4v) is 2.13. The summed E-state index contributed by atoms with van der Waals surface area (Å²) >= 11 is 6.10. The monoisotopic (exact) mass is 278 g/mol. The smallest absolute Gasteiger partial charge is 0.253 e. The van der Waals surface area contributed by atoms with E-state index in [2.05, 4.69) is 10.3 Å². The summed E-state index contributed by atoms with van der Waals surface area (Å²) in [5.41, 5.74) is 1.13. The summed E-state index contributed by atoms with van der Waals surface area (Å²) in [7, 11) is 1.60. The molecule has 4 nitrogen and oxygen atoms in total. The maximum absolute atomic E-state index is 12.2. The number of nitrogens with zero attached hydrogens (tertiary/aromatic N) is 1. The van der Waals surface area contributed by atoms with Crippen molar-refractivity contribution in [2.45, 2.75) is 13.0 Å². The number of benzene rings is 1. The van der Waals surface area contributed by atoms with Crippen molar-refractivity contribution in [1.82, 2.24) is 10.3 Å². The first-order valence-corrected chi connectivity index (χ1v) is 6.34. The molecule has 1 aromatic carbocycles. The summed E-state index contributed by atoms with van der Waals surface area (Å²) in [6.45, 7) is 2.34. The van der Waals surface area contributed by atoms with Crippen LogP contribution in [-0.2, 0) is 4.74 Å². The van der Waals surface area contributed by atoms with E-state index in [9.17, 15) is 4.79 Å². The molecule has 1 heterocycles. The Labute approximate surface area is 116 Å². The Balaban J connectivity index is 2.35. The molecule has 0 aliphatic heterocycles. The second-order valence-electron chi connectivity index (χ2n) is 4.32. The van der Waals surface area contributed by atoms with Crippen LogP contribution in [0.2, 0.25) is 5.02 Å². The normalized spacial score (nSPS) is 12.4. The van der Waals surface area contributed by atoms with Crippen LogP contribution in [0, 0.1) is 0 Å². The zero-order valence-corrected chi connectivity index (χ0v) is 11.6. The van der Waals surface area contributed by atoms with Gasteiger partial charge in [0.2, 0.25) is 0 Å². The minimum Gasteiger partial charge on any atom is -0.383 e. The molecule has 2 aromatic rings. The predicted molar refractivity (Wildman–Crippen MR) is 75.6 cm³/mol. The van der Waals surface area contributed by atoms with Crippen LogP contribution in [0.5, 0.6) is 0 Å². The van der Waals surface area contributed by atoms with Gasteiger partial charge in [0.05, 0.1) is 22.7 Å². The molecule has 0 bridgehead atoms. The molecule has 5 heteroatoms. The van der Waals surface area contributed by atoms with Crippen molar-refractivity contribution in [1.29, 1.82) is 0 Å². The number of hydrogen-bond acceptors (Lipinski definition) is 3. The second kappa shape index (κ2) is 5.99. The van der Waals surface area contributed by atoms with E-state index in [1.807, 2.05) is 13.0 Å². The van der Waals surface area contributed by atoms with Crippen molar-refractivity contribution < 1.29 is 9.53 Å². The Morgan fingerprint density at radius 2 is 2.26 bits per heavy atom. The molecule has 2 rings (SSSR count). The number of amides is 1. The molecule has 1 atom stereocenters. The van der Waals surface area contributed by atoms with Crippen molar-refractivity contribution in [2.24, 2.45) is 0 Å². The number of nitrogens with one attached hydrogen (secondary N) is 1. The first-order valence-electron chi connectivity index (χ1n) is 5.96. The summed E-state index contributed by atoms with van der Waals surface area (Å²) in [6, 6.07) is 6.98. The van der Waals surface area contributed by atoms with Gasteiger partial charge in [-0.05, 0) is 31.2 Å². The van der Waals surface area contributed by atoms with E-state index < -0.39 is 0 Å². The minimum absolute atomic E-state index is 0.0630. The van der Waals surface area contributed by atoms with Gasteiger partial charge in [-0.2, -0.15) is 0 Å². The Hall–Kier alpha value is -1.65. The maximum Gasteiger partial charge on any atom is 0.253 e. The topological polar surface area (TPSA) is 51.2 Å². The van der Waals surface area contributed by atoms with Crippen LogP contribution in [0.25, 0.3) is 10.9 Å². The number of carbonyl (C=O) groups excluding carboxylic acids is 1. The molecule has 0 aliphatic rings. The fourth-order valence-electron chi connectivity index (χ4n) is 1.91. The Morgan fingerprint density at radius 3 is 3.00 bits per heavy atom. The van der Waals surface area contributed by atoms with Crippen LogP contribution >= 0.6 is 11.6 Å². The summed E-state index contributed by atoms with van der Waals surface area (Å²) in [4.78, 5) is 16.4. The quantitative estimate of drug-likeness (QED) is 0.935. The number of aromatic nitrogens is 1. The van der Waals surface area contributed by atoms with Gasteiger partial charge in [-0.25, -0.2) is 0 Å². The number of methoxy groups -OCH3 is 1. The number of hydrogen-bond donors (Lipinski definition) is 1. The lowest BCUT2D eigenvalue weighted by molar-refractivity contribution is 0.0907. The minimum atomic E-state index is -0.176. The SMILES string of the molecule is COCC(C)NC(=O)c1ccc(Cl)c2cccnc12.